The van der Waals surface area contributed by atoms with Crippen LogP contribution in [0.15, 0.2) is 16.7 Å². The van der Waals surface area contributed by atoms with E-state index in [1.54, 1.807) is 6.20 Å². The molecule has 0 amide bonds. The van der Waals surface area contributed by atoms with Crippen LogP contribution in [0.4, 0.5) is 5.95 Å². The highest BCUT2D eigenvalue weighted by molar-refractivity contribution is 9.10. The first-order valence-electron chi connectivity index (χ1n) is 8.57. The fraction of sp³-hybridized carbons (Fsp3) is 0.389. The molecule has 3 heterocycles. The average Bonchev–Trinajstić information content (AvgIpc) is 3.20. The predicted octanol–water partition coefficient (Wildman–Crippen LogP) is 3.70. The summed E-state index contributed by atoms with van der Waals surface area (Å²) in [7, 11) is 0. The number of aromatic amines is 1. The van der Waals surface area contributed by atoms with Crippen molar-refractivity contribution in [2.45, 2.75) is 33.2 Å². The highest BCUT2D eigenvalue weighted by Gasteiger charge is 2.13. The minimum absolute atomic E-state index is 0.632. The fourth-order valence-electron chi connectivity index (χ4n) is 2.58. The first kappa shape index (κ1) is 18.8. The summed E-state index contributed by atoms with van der Waals surface area (Å²) < 4.78 is 1.16. The molecule has 0 unspecified atom stereocenters. The third kappa shape index (κ3) is 4.41. The molecule has 6 nitrogen and oxygen atoms in total. The molecule has 0 spiro atoms. The van der Waals surface area contributed by atoms with Gasteiger partial charge in [-0.05, 0) is 48.3 Å². The summed E-state index contributed by atoms with van der Waals surface area (Å²) in [4.78, 5) is 10.2. The van der Waals surface area contributed by atoms with Gasteiger partial charge in [0, 0.05) is 27.3 Å². The van der Waals surface area contributed by atoms with E-state index >= 15 is 0 Å². The van der Waals surface area contributed by atoms with Crippen LogP contribution in [-0.4, -0.2) is 33.3 Å². The van der Waals surface area contributed by atoms with Gasteiger partial charge in [-0.3, -0.25) is 0 Å². The van der Waals surface area contributed by atoms with E-state index in [1.165, 1.54) is 9.75 Å². The molecule has 0 aliphatic carbocycles. The standard InChI is InChI=1S/C18H21BrN6S/c1-3-6-12-15(26-14(4-2)16(12)19)11-20-8-5-9-21-18-23-13-7-10-22-25-17(13)24-18/h7,10,20H,4-5,8-9,11H2,1-2H3,(H2,21,23,24,25). The molecule has 0 fully saturated rings. The summed E-state index contributed by atoms with van der Waals surface area (Å²) in [6, 6.07) is 1.86. The van der Waals surface area contributed by atoms with Crippen molar-refractivity contribution in [1.29, 1.82) is 0 Å². The van der Waals surface area contributed by atoms with Crippen molar-refractivity contribution in [3.05, 3.63) is 32.1 Å². The van der Waals surface area contributed by atoms with Gasteiger partial charge in [0.1, 0.15) is 0 Å². The Morgan fingerprint density at radius 2 is 2.19 bits per heavy atom. The molecule has 0 bridgehead atoms. The molecule has 0 aliphatic rings. The highest BCUT2D eigenvalue weighted by atomic mass is 79.9. The molecule has 8 heteroatoms. The number of imidazole rings is 1. The van der Waals surface area contributed by atoms with E-state index in [2.05, 4.69) is 65.5 Å². The van der Waals surface area contributed by atoms with E-state index in [-0.39, 0.29) is 0 Å². The molecule has 3 rings (SSSR count). The van der Waals surface area contributed by atoms with Crippen LogP contribution in [-0.2, 0) is 13.0 Å². The number of anilines is 1. The number of nitrogens with zero attached hydrogens (tertiary/aromatic N) is 3. The maximum atomic E-state index is 4.35. The van der Waals surface area contributed by atoms with Gasteiger partial charge < -0.3 is 15.6 Å². The molecular weight excluding hydrogens is 412 g/mol. The van der Waals surface area contributed by atoms with E-state index in [4.69, 9.17) is 0 Å². The fourth-order valence-corrected chi connectivity index (χ4v) is 4.64. The van der Waals surface area contributed by atoms with Gasteiger partial charge in [-0.15, -0.1) is 22.4 Å². The van der Waals surface area contributed by atoms with E-state index < -0.39 is 0 Å². The first-order chi connectivity index (χ1) is 12.7. The van der Waals surface area contributed by atoms with Crippen molar-refractivity contribution in [3.63, 3.8) is 0 Å². The van der Waals surface area contributed by atoms with Gasteiger partial charge in [0.2, 0.25) is 11.6 Å². The van der Waals surface area contributed by atoms with Crippen LogP contribution in [0.2, 0.25) is 0 Å². The van der Waals surface area contributed by atoms with Crippen LogP contribution in [0.5, 0.6) is 0 Å². The van der Waals surface area contributed by atoms with Crippen molar-refractivity contribution in [3.8, 4) is 11.8 Å². The largest absolute Gasteiger partial charge is 0.356 e. The number of halogens is 1. The monoisotopic (exact) mass is 432 g/mol. The van der Waals surface area contributed by atoms with E-state index in [0.717, 1.165) is 54.0 Å². The van der Waals surface area contributed by atoms with E-state index in [0.29, 0.717) is 5.65 Å². The molecular formula is C18H21BrN6S. The summed E-state index contributed by atoms with van der Waals surface area (Å²) in [6.45, 7) is 6.64. The number of rotatable bonds is 8. The normalized spacial score (nSPS) is 10.7. The molecule has 0 radical (unpaired) electrons. The number of H-pyrrole nitrogens is 1. The third-order valence-electron chi connectivity index (χ3n) is 3.84. The zero-order valence-corrected chi connectivity index (χ0v) is 17.2. The highest BCUT2D eigenvalue weighted by Crippen LogP contribution is 2.33. The number of thiophene rings is 1. The van der Waals surface area contributed by atoms with E-state index in [9.17, 15) is 0 Å². The average molecular weight is 433 g/mol. The Hall–Kier alpha value is -1.95. The van der Waals surface area contributed by atoms with Gasteiger partial charge in [-0.1, -0.05) is 12.8 Å². The minimum Gasteiger partial charge on any atom is -0.356 e. The van der Waals surface area contributed by atoms with Crippen LogP contribution in [0.3, 0.4) is 0 Å². The lowest BCUT2D eigenvalue weighted by atomic mass is 10.2. The molecule has 26 heavy (non-hydrogen) atoms. The summed E-state index contributed by atoms with van der Waals surface area (Å²) in [5.41, 5.74) is 2.65. The number of aryl methyl sites for hydroxylation is 1. The van der Waals surface area contributed by atoms with Crippen molar-refractivity contribution in [1.82, 2.24) is 25.5 Å². The molecule has 0 saturated heterocycles. The van der Waals surface area contributed by atoms with E-state index in [1.807, 2.05) is 24.3 Å². The van der Waals surface area contributed by atoms with Crippen molar-refractivity contribution >= 4 is 44.4 Å². The molecule has 0 saturated carbocycles. The summed E-state index contributed by atoms with van der Waals surface area (Å²) in [5.74, 6) is 6.97. The number of hydrogen-bond donors (Lipinski definition) is 3. The zero-order valence-electron chi connectivity index (χ0n) is 14.8. The summed E-state index contributed by atoms with van der Waals surface area (Å²) in [5, 5.41) is 14.6. The second-order valence-corrected chi connectivity index (χ2v) is 7.66. The Balaban J connectivity index is 1.45. The van der Waals surface area contributed by atoms with Gasteiger partial charge >= 0.3 is 0 Å². The molecule has 136 valence electrons. The maximum absolute atomic E-state index is 4.35. The van der Waals surface area contributed by atoms with Crippen LogP contribution >= 0.6 is 27.3 Å². The summed E-state index contributed by atoms with van der Waals surface area (Å²) in [6.07, 6.45) is 3.67. The molecule has 3 aromatic heterocycles. The molecule has 3 N–H and O–H groups in total. The smallest absolute Gasteiger partial charge is 0.202 e. The van der Waals surface area contributed by atoms with Crippen LogP contribution in [0.25, 0.3) is 11.2 Å². The third-order valence-corrected chi connectivity index (χ3v) is 6.31. The van der Waals surface area contributed by atoms with Gasteiger partial charge in [-0.2, -0.15) is 10.1 Å². The van der Waals surface area contributed by atoms with Crippen LogP contribution in [0, 0.1) is 11.8 Å². The SMILES string of the molecule is CC#Cc1c(CNCCCNc2nc3nnccc3[nH]2)sc(CC)c1Br. The Kier molecular flexibility index (Phi) is 6.61. The van der Waals surface area contributed by atoms with Gasteiger partial charge in [0.15, 0.2) is 0 Å². The molecule has 0 aromatic carbocycles. The lowest BCUT2D eigenvalue weighted by molar-refractivity contribution is 0.667. The van der Waals surface area contributed by atoms with Crippen molar-refractivity contribution < 1.29 is 0 Å². The Morgan fingerprint density at radius 1 is 1.31 bits per heavy atom. The Labute approximate surface area is 165 Å². The minimum atomic E-state index is 0.632. The lowest BCUT2D eigenvalue weighted by Crippen LogP contribution is -2.17. The predicted molar refractivity (Wildman–Crippen MR) is 110 cm³/mol. The first-order valence-corrected chi connectivity index (χ1v) is 10.2. The van der Waals surface area contributed by atoms with Crippen molar-refractivity contribution in [2.24, 2.45) is 0 Å². The van der Waals surface area contributed by atoms with Crippen molar-refractivity contribution in [2.75, 3.05) is 18.4 Å². The maximum Gasteiger partial charge on any atom is 0.202 e. The van der Waals surface area contributed by atoms with Crippen LogP contribution in [0.1, 0.15) is 35.6 Å². The van der Waals surface area contributed by atoms with Gasteiger partial charge in [0.05, 0.1) is 17.3 Å². The second kappa shape index (κ2) is 9.12. The number of hydrogen-bond acceptors (Lipinski definition) is 6. The van der Waals surface area contributed by atoms with Gasteiger partial charge in [0.25, 0.3) is 0 Å². The van der Waals surface area contributed by atoms with Gasteiger partial charge in [-0.25, -0.2) is 0 Å². The summed E-state index contributed by atoms with van der Waals surface area (Å²) >= 11 is 5.52. The zero-order chi connectivity index (χ0) is 18.4. The quantitative estimate of drug-likeness (QED) is 0.373. The van der Waals surface area contributed by atoms with Crippen LogP contribution < -0.4 is 10.6 Å². The molecule has 0 atom stereocenters. The Bertz CT molecular complexity index is 903. The second-order valence-electron chi connectivity index (χ2n) is 5.68. The number of aromatic nitrogens is 4. The lowest BCUT2D eigenvalue weighted by Gasteiger charge is -2.05. The Morgan fingerprint density at radius 3 is 2.96 bits per heavy atom. The molecule has 3 aromatic rings. The number of nitrogens with one attached hydrogen (secondary N) is 3. The topological polar surface area (TPSA) is 78.5 Å². The molecule has 0 aliphatic heterocycles. The number of fused-ring (bicyclic) bond motifs is 1.